The van der Waals surface area contributed by atoms with Crippen molar-refractivity contribution in [2.24, 2.45) is 0 Å². The molecule has 1 atom stereocenters. The second-order valence-electron chi connectivity index (χ2n) is 5.80. The number of rotatable bonds is 6. The topological polar surface area (TPSA) is 42.3 Å². The largest absolute Gasteiger partial charge is 0.383 e. The summed E-state index contributed by atoms with van der Waals surface area (Å²) in [5, 5.41) is 8.17. The van der Waals surface area contributed by atoms with Crippen LogP contribution in [0.2, 0.25) is 0 Å². The zero-order valence-corrected chi connectivity index (χ0v) is 13.2. The van der Waals surface area contributed by atoms with E-state index >= 15 is 0 Å². The highest BCUT2D eigenvalue weighted by molar-refractivity contribution is 5.45. The normalized spacial score (nSPS) is 22.2. The Morgan fingerprint density at radius 1 is 1.45 bits per heavy atom. The molecule has 1 saturated heterocycles. The molecular formula is C15H28N4O. The number of hydrogen-bond acceptors (Lipinski definition) is 4. The molecule has 1 aromatic rings. The van der Waals surface area contributed by atoms with Crippen LogP contribution in [0.3, 0.4) is 0 Å². The van der Waals surface area contributed by atoms with Gasteiger partial charge in [-0.05, 0) is 19.8 Å². The Morgan fingerprint density at radius 3 is 2.85 bits per heavy atom. The van der Waals surface area contributed by atoms with Gasteiger partial charge in [0.15, 0.2) is 0 Å². The van der Waals surface area contributed by atoms with E-state index in [2.05, 4.69) is 42.3 Å². The molecule has 1 aliphatic heterocycles. The van der Waals surface area contributed by atoms with E-state index in [1.165, 1.54) is 5.69 Å². The fraction of sp³-hybridized carbons (Fsp3) is 0.800. The van der Waals surface area contributed by atoms with Gasteiger partial charge in [0.2, 0.25) is 0 Å². The number of piperazine rings is 1. The monoisotopic (exact) mass is 280 g/mol. The highest BCUT2D eigenvalue weighted by atomic mass is 16.5. The van der Waals surface area contributed by atoms with Crippen LogP contribution in [0.25, 0.3) is 0 Å². The summed E-state index contributed by atoms with van der Waals surface area (Å²) in [7, 11) is 1.72. The van der Waals surface area contributed by atoms with Crippen molar-refractivity contribution in [3.05, 3.63) is 12.4 Å². The van der Waals surface area contributed by atoms with Crippen molar-refractivity contribution >= 4 is 5.69 Å². The maximum absolute atomic E-state index is 5.11. The Balaban J connectivity index is 2.10. The summed E-state index contributed by atoms with van der Waals surface area (Å²) in [5.41, 5.74) is 1.46. The summed E-state index contributed by atoms with van der Waals surface area (Å²) < 4.78 is 7.07. The van der Waals surface area contributed by atoms with Crippen LogP contribution in [-0.4, -0.2) is 48.2 Å². The molecule has 0 aliphatic carbocycles. The lowest BCUT2D eigenvalue weighted by molar-refractivity contribution is 0.183. The number of hydrogen-bond donors (Lipinski definition) is 1. The van der Waals surface area contributed by atoms with Gasteiger partial charge < -0.3 is 15.0 Å². The van der Waals surface area contributed by atoms with Crippen LogP contribution in [0.5, 0.6) is 0 Å². The van der Waals surface area contributed by atoms with Gasteiger partial charge in [0.25, 0.3) is 0 Å². The van der Waals surface area contributed by atoms with Gasteiger partial charge >= 0.3 is 0 Å². The average molecular weight is 280 g/mol. The third-order valence-electron chi connectivity index (χ3n) is 4.61. The molecule has 0 spiro atoms. The van der Waals surface area contributed by atoms with Gasteiger partial charge in [-0.15, -0.1) is 0 Å². The second kappa shape index (κ2) is 6.59. The number of methoxy groups -OCH3 is 1. The second-order valence-corrected chi connectivity index (χ2v) is 5.80. The van der Waals surface area contributed by atoms with E-state index in [1.807, 2.05) is 10.9 Å². The molecule has 1 aliphatic rings. The Morgan fingerprint density at radius 2 is 2.20 bits per heavy atom. The molecular weight excluding hydrogens is 252 g/mol. The van der Waals surface area contributed by atoms with Crippen LogP contribution in [0.4, 0.5) is 5.69 Å². The smallest absolute Gasteiger partial charge is 0.0756 e. The molecule has 0 amide bonds. The van der Waals surface area contributed by atoms with E-state index < -0.39 is 0 Å². The molecule has 5 heteroatoms. The molecule has 0 aromatic carbocycles. The molecule has 1 aromatic heterocycles. The molecule has 1 N–H and O–H groups in total. The summed E-state index contributed by atoms with van der Waals surface area (Å²) in [4.78, 5) is 2.49. The fourth-order valence-corrected chi connectivity index (χ4v) is 2.89. The third kappa shape index (κ3) is 3.15. The highest BCUT2D eigenvalue weighted by Crippen LogP contribution is 2.27. The van der Waals surface area contributed by atoms with Gasteiger partial charge in [-0.2, -0.15) is 5.10 Å². The molecule has 0 radical (unpaired) electrons. The Kier molecular flexibility index (Phi) is 5.05. The van der Waals surface area contributed by atoms with E-state index in [9.17, 15) is 0 Å². The van der Waals surface area contributed by atoms with Crippen LogP contribution in [-0.2, 0) is 11.3 Å². The van der Waals surface area contributed by atoms with Crippen molar-refractivity contribution in [3.8, 4) is 0 Å². The van der Waals surface area contributed by atoms with E-state index in [0.29, 0.717) is 12.6 Å². The molecule has 114 valence electrons. The SMILES string of the molecule is CCC1(CC)CN(c2cnn(CCOC)c2)C(C)CN1. The zero-order chi connectivity index (χ0) is 14.6. The van der Waals surface area contributed by atoms with Crippen molar-refractivity contribution in [1.29, 1.82) is 0 Å². The first kappa shape index (κ1) is 15.3. The number of nitrogens with zero attached hydrogens (tertiary/aromatic N) is 3. The first-order valence-electron chi connectivity index (χ1n) is 7.67. The zero-order valence-electron chi connectivity index (χ0n) is 13.2. The maximum atomic E-state index is 5.11. The van der Waals surface area contributed by atoms with Crippen molar-refractivity contribution in [2.75, 3.05) is 31.7 Å². The summed E-state index contributed by atoms with van der Waals surface area (Å²) in [5.74, 6) is 0. The van der Waals surface area contributed by atoms with E-state index in [-0.39, 0.29) is 5.54 Å². The van der Waals surface area contributed by atoms with Gasteiger partial charge in [0.1, 0.15) is 0 Å². The van der Waals surface area contributed by atoms with Gasteiger partial charge in [-0.1, -0.05) is 13.8 Å². The van der Waals surface area contributed by atoms with Gasteiger partial charge in [0, 0.05) is 38.0 Å². The minimum atomic E-state index is 0.237. The van der Waals surface area contributed by atoms with E-state index in [4.69, 9.17) is 4.74 Å². The molecule has 2 heterocycles. The van der Waals surface area contributed by atoms with Crippen LogP contribution < -0.4 is 10.2 Å². The van der Waals surface area contributed by atoms with Crippen molar-refractivity contribution < 1.29 is 4.74 Å². The van der Waals surface area contributed by atoms with E-state index in [0.717, 1.165) is 32.5 Å². The van der Waals surface area contributed by atoms with E-state index in [1.54, 1.807) is 7.11 Å². The molecule has 1 fully saturated rings. The van der Waals surface area contributed by atoms with Crippen LogP contribution in [0, 0.1) is 0 Å². The Hall–Kier alpha value is -1.07. The minimum absolute atomic E-state index is 0.237. The lowest BCUT2D eigenvalue weighted by Crippen LogP contribution is -2.63. The lowest BCUT2D eigenvalue weighted by atomic mass is 9.88. The molecule has 5 nitrogen and oxygen atoms in total. The summed E-state index contributed by atoms with van der Waals surface area (Å²) >= 11 is 0. The standard InChI is InChI=1S/C15H28N4O/c1-5-15(6-2)12-19(13(3)9-16-15)14-10-17-18(11-14)7-8-20-4/h10-11,13,16H,5-9,12H2,1-4H3. The predicted octanol–water partition coefficient (Wildman–Crippen LogP) is 1.89. The summed E-state index contributed by atoms with van der Waals surface area (Å²) in [6, 6.07) is 0.501. The van der Waals surface area contributed by atoms with Crippen molar-refractivity contribution in [1.82, 2.24) is 15.1 Å². The molecule has 1 unspecified atom stereocenters. The Bertz CT molecular complexity index is 414. The van der Waals surface area contributed by atoms with Crippen molar-refractivity contribution in [3.63, 3.8) is 0 Å². The first-order chi connectivity index (χ1) is 9.64. The number of anilines is 1. The highest BCUT2D eigenvalue weighted by Gasteiger charge is 2.35. The maximum Gasteiger partial charge on any atom is 0.0756 e. The molecule has 20 heavy (non-hydrogen) atoms. The summed E-state index contributed by atoms with van der Waals surface area (Å²) in [6.45, 7) is 10.4. The van der Waals surface area contributed by atoms with Crippen LogP contribution in [0.1, 0.15) is 33.6 Å². The van der Waals surface area contributed by atoms with Crippen LogP contribution in [0.15, 0.2) is 12.4 Å². The minimum Gasteiger partial charge on any atom is -0.383 e. The van der Waals surface area contributed by atoms with Gasteiger partial charge in [0.05, 0.1) is 25.0 Å². The number of ether oxygens (including phenoxy) is 1. The van der Waals surface area contributed by atoms with Gasteiger partial charge in [-0.3, -0.25) is 4.68 Å². The third-order valence-corrected chi connectivity index (χ3v) is 4.61. The predicted molar refractivity (Wildman–Crippen MR) is 82.2 cm³/mol. The first-order valence-corrected chi connectivity index (χ1v) is 7.67. The number of aromatic nitrogens is 2. The molecule has 0 bridgehead atoms. The molecule has 2 rings (SSSR count). The van der Waals surface area contributed by atoms with Crippen LogP contribution >= 0.6 is 0 Å². The fourth-order valence-electron chi connectivity index (χ4n) is 2.89. The Labute approximate surface area is 122 Å². The quantitative estimate of drug-likeness (QED) is 0.864. The number of nitrogens with one attached hydrogen (secondary N) is 1. The van der Waals surface area contributed by atoms with Gasteiger partial charge in [-0.25, -0.2) is 0 Å². The molecule has 0 saturated carbocycles. The summed E-state index contributed by atoms with van der Waals surface area (Å²) in [6.07, 6.45) is 6.43. The average Bonchev–Trinajstić information content (AvgIpc) is 2.95. The lowest BCUT2D eigenvalue weighted by Gasteiger charge is -2.47. The van der Waals surface area contributed by atoms with Crippen molar-refractivity contribution in [2.45, 2.75) is 51.7 Å².